The second kappa shape index (κ2) is 18.7. The number of hydrogen-bond donors (Lipinski definition) is 1. The molecule has 48 heavy (non-hydrogen) atoms. The number of unbranched alkanes of at least 4 members (excludes halogenated alkanes) is 1. The molecule has 0 radical (unpaired) electrons. The van der Waals surface area contributed by atoms with Crippen molar-refractivity contribution in [1.82, 2.24) is 9.80 Å². The van der Waals surface area contributed by atoms with Crippen LogP contribution in [0.25, 0.3) is 0 Å². The fourth-order valence-corrected chi connectivity index (χ4v) is 7.05. The number of ether oxygens (including phenoxy) is 3. The molecule has 0 aromatic carbocycles. The van der Waals surface area contributed by atoms with Gasteiger partial charge in [0.2, 0.25) is 0 Å². The van der Waals surface area contributed by atoms with Gasteiger partial charge in [0.15, 0.2) is 0 Å². The van der Waals surface area contributed by atoms with E-state index in [2.05, 4.69) is 0 Å². The first kappa shape index (κ1) is 45.8. The van der Waals surface area contributed by atoms with Crippen molar-refractivity contribution in [2.24, 2.45) is 32.5 Å². The summed E-state index contributed by atoms with van der Waals surface area (Å²) in [4.78, 5) is 58.7. The first-order valence-electron chi connectivity index (χ1n) is 17.9. The number of esters is 3. The Labute approximate surface area is 293 Å². The van der Waals surface area contributed by atoms with Crippen molar-refractivity contribution >= 4 is 23.9 Å². The summed E-state index contributed by atoms with van der Waals surface area (Å²) in [6.45, 7) is 22.6. The van der Waals surface area contributed by atoms with Crippen LogP contribution in [-0.2, 0) is 33.4 Å². The summed E-state index contributed by atoms with van der Waals surface area (Å²) in [5, 5.41) is 11.2. The highest BCUT2D eigenvalue weighted by Crippen LogP contribution is 2.60. The van der Waals surface area contributed by atoms with Crippen LogP contribution in [-0.4, -0.2) is 99.9 Å². The zero-order chi connectivity index (χ0) is 37.8. The number of aliphatic carboxylic acids is 1. The Balaban J connectivity index is 7.09. The summed E-state index contributed by atoms with van der Waals surface area (Å²) < 4.78 is 17.2. The van der Waals surface area contributed by atoms with E-state index < -0.39 is 50.4 Å². The minimum absolute atomic E-state index is 0.114. The van der Waals surface area contributed by atoms with Crippen molar-refractivity contribution in [3.63, 3.8) is 0 Å². The van der Waals surface area contributed by atoms with Crippen molar-refractivity contribution in [2.75, 3.05) is 61.1 Å². The van der Waals surface area contributed by atoms with Gasteiger partial charge >= 0.3 is 23.9 Å². The summed E-state index contributed by atoms with van der Waals surface area (Å²) in [6.07, 6.45) is 3.50. The van der Waals surface area contributed by atoms with Crippen molar-refractivity contribution in [3.8, 4) is 0 Å². The molecule has 3 unspecified atom stereocenters. The summed E-state index contributed by atoms with van der Waals surface area (Å²) in [6, 6.07) is 0. The SMILES string of the molecule is CCCCOC(=O)C(C)(C)CC(C)(C)C(CCC)(CC(C)(C)C(C)(CC(C)(CC)C(=O)OCCN(C)C)C(=O)OCCN(C)C)C(=O)O. The van der Waals surface area contributed by atoms with E-state index in [1.807, 2.05) is 114 Å². The Morgan fingerprint density at radius 2 is 1.08 bits per heavy atom. The number of rotatable bonds is 24. The number of carbonyl (C=O) groups excluding carboxylic acids is 3. The molecule has 0 fully saturated rings. The Bertz CT molecular complexity index is 1050. The van der Waals surface area contributed by atoms with Crippen molar-refractivity contribution in [2.45, 2.75) is 128 Å². The maximum atomic E-state index is 14.3. The molecule has 0 aromatic rings. The van der Waals surface area contributed by atoms with Gasteiger partial charge in [0.25, 0.3) is 0 Å². The van der Waals surface area contributed by atoms with E-state index in [9.17, 15) is 24.3 Å². The van der Waals surface area contributed by atoms with Gasteiger partial charge in [-0.2, -0.15) is 0 Å². The summed E-state index contributed by atoms with van der Waals surface area (Å²) >= 11 is 0. The number of carboxylic acids is 1. The molecular weight excluding hydrogens is 612 g/mol. The average Bonchev–Trinajstić information content (AvgIpc) is 2.95. The van der Waals surface area contributed by atoms with Crippen LogP contribution >= 0.6 is 0 Å². The first-order valence-corrected chi connectivity index (χ1v) is 17.9. The molecule has 1 N–H and O–H groups in total. The molecule has 0 rings (SSSR count). The Morgan fingerprint density at radius 1 is 0.604 bits per heavy atom. The second-order valence-corrected chi connectivity index (χ2v) is 16.9. The van der Waals surface area contributed by atoms with E-state index >= 15 is 0 Å². The summed E-state index contributed by atoms with van der Waals surface area (Å²) in [5.74, 6) is -2.18. The van der Waals surface area contributed by atoms with E-state index in [1.165, 1.54) is 0 Å². The van der Waals surface area contributed by atoms with Gasteiger partial charge in [-0.1, -0.05) is 61.3 Å². The molecule has 0 aromatic heterocycles. The average molecular weight is 685 g/mol. The molecule has 282 valence electrons. The van der Waals surface area contributed by atoms with Crippen molar-refractivity contribution < 1.29 is 38.5 Å². The normalized spacial score (nSPS) is 16.5. The fraction of sp³-hybridized carbons (Fsp3) is 0.895. The van der Waals surface area contributed by atoms with Gasteiger partial charge in [0, 0.05) is 13.1 Å². The minimum Gasteiger partial charge on any atom is -0.481 e. The van der Waals surface area contributed by atoms with E-state index in [1.54, 1.807) is 0 Å². The number of hydrogen-bond acceptors (Lipinski definition) is 9. The monoisotopic (exact) mass is 685 g/mol. The number of nitrogens with zero attached hydrogens (tertiary/aromatic N) is 2. The lowest BCUT2D eigenvalue weighted by atomic mass is 9.48. The molecule has 0 aliphatic carbocycles. The van der Waals surface area contributed by atoms with Gasteiger partial charge in [0.05, 0.1) is 28.3 Å². The quantitative estimate of drug-likeness (QED) is 0.0641. The minimum atomic E-state index is -1.33. The predicted octanol–water partition coefficient (Wildman–Crippen LogP) is 7.08. The third kappa shape index (κ3) is 12.0. The number of likely N-dealkylation sites (N-methyl/N-ethyl adjacent to an activating group) is 2. The predicted molar refractivity (Wildman–Crippen MR) is 192 cm³/mol. The van der Waals surface area contributed by atoms with E-state index in [0.717, 1.165) is 12.8 Å². The Kier molecular flexibility index (Phi) is 17.8. The van der Waals surface area contributed by atoms with Crippen LogP contribution in [0.15, 0.2) is 0 Å². The largest absolute Gasteiger partial charge is 0.481 e. The molecule has 0 aliphatic heterocycles. The third-order valence-electron chi connectivity index (χ3n) is 10.8. The second-order valence-electron chi connectivity index (χ2n) is 16.9. The molecule has 3 atom stereocenters. The van der Waals surface area contributed by atoms with Crippen LogP contribution in [0.3, 0.4) is 0 Å². The maximum absolute atomic E-state index is 14.3. The van der Waals surface area contributed by atoms with Crippen LogP contribution in [0.4, 0.5) is 0 Å². The zero-order valence-corrected chi connectivity index (χ0v) is 33.4. The van der Waals surface area contributed by atoms with E-state index in [0.29, 0.717) is 39.0 Å². The van der Waals surface area contributed by atoms with Gasteiger partial charge in [-0.05, 0) is 105 Å². The molecule has 0 spiro atoms. The highest BCUT2D eigenvalue weighted by Gasteiger charge is 2.61. The lowest BCUT2D eigenvalue weighted by Crippen LogP contribution is -2.55. The molecule has 0 saturated heterocycles. The van der Waals surface area contributed by atoms with Crippen LogP contribution < -0.4 is 0 Å². The molecule has 0 heterocycles. The lowest BCUT2D eigenvalue weighted by Gasteiger charge is -2.54. The zero-order valence-electron chi connectivity index (χ0n) is 33.4. The van der Waals surface area contributed by atoms with Crippen molar-refractivity contribution in [3.05, 3.63) is 0 Å². The van der Waals surface area contributed by atoms with E-state index in [4.69, 9.17) is 14.2 Å². The highest BCUT2D eigenvalue weighted by molar-refractivity contribution is 5.82. The van der Waals surface area contributed by atoms with Gasteiger partial charge in [-0.25, -0.2) is 0 Å². The molecule has 10 heteroatoms. The Hall–Kier alpha value is -2.20. The maximum Gasteiger partial charge on any atom is 0.312 e. The van der Waals surface area contributed by atoms with Crippen LogP contribution in [0.1, 0.15) is 128 Å². The fourth-order valence-electron chi connectivity index (χ4n) is 7.05. The molecule has 0 aliphatic rings. The standard InChI is InChI=1S/C38H72N2O8/c1-16-19-23-46-30(43)33(4,5)26-35(8,9)38(20-17-2,29(41)42)27-34(6,7)37(11,32(45)48-25-22-40(14)15)28-36(10,18-3)31(44)47-24-21-39(12)13/h16-28H2,1-15H3,(H,41,42). The summed E-state index contributed by atoms with van der Waals surface area (Å²) in [7, 11) is 7.59. The number of carboxylic acid groups (broad SMARTS) is 1. The highest BCUT2D eigenvalue weighted by atomic mass is 16.5. The topological polar surface area (TPSA) is 123 Å². The van der Waals surface area contributed by atoms with Crippen LogP contribution in [0.2, 0.25) is 0 Å². The van der Waals surface area contributed by atoms with E-state index in [-0.39, 0.29) is 38.4 Å². The lowest BCUT2D eigenvalue weighted by molar-refractivity contribution is -0.183. The first-order chi connectivity index (χ1) is 21.8. The third-order valence-corrected chi connectivity index (χ3v) is 10.8. The Morgan fingerprint density at radius 3 is 1.50 bits per heavy atom. The van der Waals surface area contributed by atoms with Crippen molar-refractivity contribution in [1.29, 1.82) is 0 Å². The van der Waals surface area contributed by atoms with Crippen LogP contribution in [0.5, 0.6) is 0 Å². The smallest absolute Gasteiger partial charge is 0.312 e. The molecule has 10 nitrogen and oxygen atoms in total. The number of carbonyl (C=O) groups is 4. The van der Waals surface area contributed by atoms with Gasteiger partial charge in [0.1, 0.15) is 13.2 Å². The molecular formula is C38H72N2O8. The van der Waals surface area contributed by atoms with Gasteiger partial charge < -0.3 is 29.1 Å². The molecule has 0 amide bonds. The van der Waals surface area contributed by atoms with Gasteiger partial charge in [-0.15, -0.1) is 0 Å². The van der Waals surface area contributed by atoms with Gasteiger partial charge in [-0.3, -0.25) is 19.2 Å². The molecule has 0 bridgehead atoms. The summed E-state index contributed by atoms with van der Waals surface area (Å²) in [5.41, 5.74) is -6.44. The molecule has 0 saturated carbocycles. The van der Waals surface area contributed by atoms with Crippen LogP contribution in [0, 0.1) is 32.5 Å².